The van der Waals surface area contributed by atoms with Crippen molar-refractivity contribution in [3.05, 3.63) is 35.4 Å². The fourth-order valence-electron chi connectivity index (χ4n) is 3.27. The van der Waals surface area contributed by atoms with Crippen molar-refractivity contribution in [1.82, 2.24) is 5.32 Å². The molecule has 1 N–H and O–H groups in total. The second-order valence-electron chi connectivity index (χ2n) is 5.84. The molecule has 1 aromatic rings. The van der Waals surface area contributed by atoms with Gasteiger partial charge < -0.3 is 5.32 Å². The molecule has 0 heterocycles. The minimum absolute atomic E-state index is 0.120. The molecular formula is C17H25F2N. The molecule has 0 aliphatic heterocycles. The fraction of sp³-hybridized carbons (Fsp3) is 0.647. The van der Waals surface area contributed by atoms with Crippen molar-refractivity contribution in [3.63, 3.8) is 0 Å². The van der Waals surface area contributed by atoms with Crippen LogP contribution >= 0.6 is 0 Å². The molecule has 2 rings (SSSR count). The van der Waals surface area contributed by atoms with Gasteiger partial charge >= 0.3 is 0 Å². The molecule has 0 bridgehead atoms. The maximum atomic E-state index is 12.7. The van der Waals surface area contributed by atoms with Gasteiger partial charge in [-0.15, -0.1) is 0 Å². The number of alkyl halides is 2. The number of hydrogen-bond acceptors (Lipinski definition) is 1. The van der Waals surface area contributed by atoms with Gasteiger partial charge in [-0.25, -0.2) is 8.78 Å². The molecule has 20 heavy (non-hydrogen) atoms. The topological polar surface area (TPSA) is 12.0 Å². The summed E-state index contributed by atoms with van der Waals surface area (Å²) in [6.45, 7) is 2.90. The highest BCUT2D eigenvalue weighted by atomic mass is 19.3. The van der Waals surface area contributed by atoms with Gasteiger partial charge in [0.15, 0.2) is 0 Å². The van der Waals surface area contributed by atoms with E-state index in [2.05, 4.69) is 12.2 Å². The van der Waals surface area contributed by atoms with Gasteiger partial charge in [0.2, 0.25) is 0 Å². The molecule has 1 atom stereocenters. The van der Waals surface area contributed by atoms with Crippen LogP contribution in [0.3, 0.4) is 0 Å². The Hall–Kier alpha value is -0.960. The van der Waals surface area contributed by atoms with E-state index in [-0.39, 0.29) is 5.56 Å². The summed E-state index contributed by atoms with van der Waals surface area (Å²) in [5, 5.41) is 3.58. The molecule has 1 unspecified atom stereocenters. The van der Waals surface area contributed by atoms with Crippen LogP contribution in [0, 0.1) is 5.92 Å². The Labute approximate surface area is 120 Å². The molecule has 0 spiro atoms. The minimum atomic E-state index is -2.38. The van der Waals surface area contributed by atoms with Crippen LogP contribution in [0.5, 0.6) is 0 Å². The average Bonchev–Trinajstić information content (AvgIpc) is 2.49. The van der Waals surface area contributed by atoms with Crippen LogP contribution in [0.15, 0.2) is 24.3 Å². The third-order valence-corrected chi connectivity index (χ3v) is 4.43. The zero-order chi connectivity index (χ0) is 14.4. The number of benzene rings is 1. The summed E-state index contributed by atoms with van der Waals surface area (Å²) in [4.78, 5) is 0. The van der Waals surface area contributed by atoms with E-state index in [4.69, 9.17) is 0 Å². The molecule has 0 aromatic heterocycles. The third kappa shape index (κ3) is 4.27. The predicted molar refractivity (Wildman–Crippen MR) is 78.9 cm³/mol. The van der Waals surface area contributed by atoms with Gasteiger partial charge in [-0.2, -0.15) is 0 Å². The lowest BCUT2D eigenvalue weighted by atomic mass is 9.83. The van der Waals surface area contributed by atoms with Gasteiger partial charge in [0.05, 0.1) is 0 Å². The highest BCUT2D eigenvalue weighted by Crippen LogP contribution is 2.28. The summed E-state index contributed by atoms with van der Waals surface area (Å²) in [6, 6.07) is 7.27. The van der Waals surface area contributed by atoms with Crippen LogP contribution in [0.4, 0.5) is 8.78 Å². The van der Waals surface area contributed by atoms with Gasteiger partial charge in [-0.05, 0) is 36.8 Å². The summed E-state index contributed by atoms with van der Waals surface area (Å²) in [5.74, 6) is 0.757. The normalized spacial score (nSPS) is 18.4. The smallest absolute Gasteiger partial charge is 0.263 e. The van der Waals surface area contributed by atoms with Crippen molar-refractivity contribution in [2.45, 2.75) is 64.5 Å². The van der Waals surface area contributed by atoms with E-state index < -0.39 is 6.43 Å². The van der Waals surface area contributed by atoms with Crippen LogP contribution < -0.4 is 5.32 Å². The average molecular weight is 281 g/mol. The lowest BCUT2D eigenvalue weighted by molar-refractivity contribution is 0.151. The number of halogens is 2. The minimum Gasteiger partial charge on any atom is -0.310 e. The molecule has 1 aromatic carbocycles. The second-order valence-corrected chi connectivity index (χ2v) is 5.84. The zero-order valence-corrected chi connectivity index (χ0v) is 12.2. The van der Waals surface area contributed by atoms with E-state index in [0.717, 1.165) is 17.9 Å². The van der Waals surface area contributed by atoms with Crippen LogP contribution in [-0.4, -0.2) is 6.04 Å². The Bertz CT molecular complexity index is 400. The Morgan fingerprint density at radius 1 is 1.20 bits per heavy atom. The molecule has 1 saturated carbocycles. The van der Waals surface area contributed by atoms with Crippen LogP contribution in [-0.2, 0) is 6.54 Å². The first-order valence-electron chi connectivity index (χ1n) is 7.81. The third-order valence-electron chi connectivity index (χ3n) is 4.43. The summed E-state index contributed by atoms with van der Waals surface area (Å²) >= 11 is 0. The van der Waals surface area contributed by atoms with Crippen molar-refractivity contribution in [2.75, 3.05) is 0 Å². The molecule has 1 aliphatic rings. The standard InChI is InChI=1S/C17H25F2N/c1-2-16(14-8-4-3-5-9-14)20-12-13-7-6-10-15(11-13)17(18)19/h6-7,10-11,14,16-17,20H,2-5,8-9,12H2,1H3. The van der Waals surface area contributed by atoms with Gasteiger partial charge in [-0.1, -0.05) is 44.4 Å². The lowest BCUT2D eigenvalue weighted by Crippen LogP contribution is -2.36. The Kier molecular flexibility index (Phi) is 5.96. The van der Waals surface area contributed by atoms with Gasteiger partial charge in [0.1, 0.15) is 0 Å². The molecule has 1 aliphatic carbocycles. The quantitative estimate of drug-likeness (QED) is 0.767. The summed E-state index contributed by atoms with van der Waals surface area (Å²) in [7, 11) is 0. The SMILES string of the molecule is CCC(NCc1cccc(C(F)F)c1)C1CCCCC1. The molecule has 0 saturated heterocycles. The van der Waals surface area contributed by atoms with Gasteiger partial charge in [0, 0.05) is 18.2 Å². The van der Waals surface area contributed by atoms with Gasteiger partial charge in [0.25, 0.3) is 6.43 Å². The van der Waals surface area contributed by atoms with Crippen LogP contribution in [0.2, 0.25) is 0 Å². The molecule has 112 valence electrons. The van der Waals surface area contributed by atoms with E-state index in [1.807, 2.05) is 6.07 Å². The number of hydrogen-bond donors (Lipinski definition) is 1. The highest BCUT2D eigenvalue weighted by molar-refractivity contribution is 5.24. The van der Waals surface area contributed by atoms with E-state index in [1.165, 1.54) is 38.2 Å². The molecular weight excluding hydrogens is 256 g/mol. The molecule has 0 amide bonds. The largest absolute Gasteiger partial charge is 0.310 e. The van der Waals surface area contributed by atoms with E-state index >= 15 is 0 Å². The monoisotopic (exact) mass is 281 g/mol. The van der Waals surface area contributed by atoms with E-state index in [9.17, 15) is 8.78 Å². The number of rotatable bonds is 6. The number of nitrogens with one attached hydrogen (secondary N) is 1. The lowest BCUT2D eigenvalue weighted by Gasteiger charge is -2.30. The first-order chi connectivity index (χ1) is 9.70. The zero-order valence-electron chi connectivity index (χ0n) is 12.2. The van der Waals surface area contributed by atoms with Crippen molar-refractivity contribution in [3.8, 4) is 0 Å². The Morgan fingerprint density at radius 2 is 1.95 bits per heavy atom. The van der Waals surface area contributed by atoms with Crippen LogP contribution in [0.25, 0.3) is 0 Å². The molecule has 0 radical (unpaired) electrons. The summed E-state index contributed by atoms with van der Waals surface area (Å²) < 4.78 is 25.4. The van der Waals surface area contributed by atoms with Gasteiger partial charge in [-0.3, -0.25) is 0 Å². The second kappa shape index (κ2) is 7.72. The highest BCUT2D eigenvalue weighted by Gasteiger charge is 2.21. The summed E-state index contributed by atoms with van der Waals surface area (Å²) in [6.07, 6.45) is 5.39. The van der Waals surface area contributed by atoms with E-state index in [1.54, 1.807) is 12.1 Å². The molecule has 3 heteroatoms. The molecule has 1 nitrogen and oxygen atoms in total. The fourth-order valence-corrected chi connectivity index (χ4v) is 3.27. The maximum absolute atomic E-state index is 12.7. The predicted octanol–water partition coefficient (Wildman–Crippen LogP) is 5.07. The van der Waals surface area contributed by atoms with Crippen molar-refractivity contribution < 1.29 is 8.78 Å². The Morgan fingerprint density at radius 3 is 2.60 bits per heavy atom. The van der Waals surface area contributed by atoms with Crippen LogP contribution in [0.1, 0.15) is 63.0 Å². The van der Waals surface area contributed by atoms with E-state index in [0.29, 0.717) is 12.6 Å². The van der Waals surface area contributed by atoms with Crippen molar-refractivity contribution in [2.24, 2.45) is 5.92 Å². The first kappa shape index (κ1) is 15.4. The van der Waals surface area contributed by atoms with Crippen molar-refractivity contribution >= 4 is 0 Å². The molecule has 1 fully saturated rings. The first-order valence-corrected chi connectivity index (χ1v) is 7.81. The maximum Gasteiger partial charge on any atom is 0.263 e. The summed E-state index contributed by atoms with van der Waals surface area (Å²) in [5.41, 5.74) is 1.08. The van der Waals surface area contributed by atoms with Crippen molar-refractivity contribution in [1.29, 1.82) is 0 Å². The Balaban J connectivity index is 1.90.